The quantitative estimate of drug-likeness (QED) is 0.665. The van der Waals surface area contributed by atoms with E-state index in [2.05, 4.69) is 15.0 Å². The lowest BCUT2D eigenvalue weighted by molar-refractivity contribution is 0.598. The first-order valence-corrected chi connectivity index (χ1v) is 9.87. The van der Waals surface area contributed by atoms with Crippen molar-refractivity contribution in [1.29, 1.82) is 0 Å². The van der Waals surface area contributed by atoms with Crippen LogP contribution in [0.1, 0.15) is 16.7 Å². The monoisotopic (exact) mass is 385 g/mol. The fraction of sp³-hybridized carbons (Fsp3) is 0.150. The number of hydrogen-bond acceptors (Lipinski definition) is 4. The summed E-state index contributed by atoms with van der Waals surface area (Å²) in [7, 11) is -3.80. The molecule has 27 heavy (non-hydrogen) atoms. The molecule has 0 aliphatic carbocycles. The van der Waals surface area contributed by atoms with Gasteiger partial charge in [0.25, 0.3) is 10.0 Å². The molecular formula is C20H20FN3O2S. The molecule has 2 N–H and O–H groups in total. The molecule has 1 heterocycles. The van der Waals surface area contributed by atoms with Crippen LogP contribution in [0.15, 0.2) is 65.7 Å². The van der Waals surface area contributed by atoms with Crippen LogP contribution in [0.2, 0.25) is 0 Å². The third-order valence-electron chi connectivity index (χ3n) is 4.18. The molecule has 3 aromatic rings. The standard InChI is InChI=1S/C20H20FN3O2S/c1-14-5-3-4-6-16(14)12-22-20-10-7-17(13-23-20)24-27(25,26)18-8-9-19(21)15(2)11-18/h3-11,13,24H,12H2,1-2H3,(H,22,23). The molecule has 0 atom stereocenters. The van der Waals surface area contributed by atoms with Crippen LogP contribution in [0.3, 0.4) is 0 Å². The average molecular weight is 385 g/mol. The predicted octanol–water partition coefficient (Wildman–Crippen LogP) is 4.25. The van der Waals surface area contributed by atoms with E-state index in [1.807, 2.05) is 31.2 Å². The molecule has 5 nitrogen and oxygen atoms in total. The second kappa shape index (κ2) is 7.75. The Morgan fingerprint density at radius 2 is 1.78 bits per heavy atom. The van der Waals surface area contributed by atoms with Crippen LogP contribution < -0.4 is 10.0 Å². The van der Waals surface area contributed by atoms with Crippen molar-refractivity contribution in [3.05, 3.63) is 83.3 Å². The van der Waals surface area contributed by atoms with Gasteiger partial charge in [0.1, 0.15) is 11.6 Å². The molecule has 0 aliphatic heterocycles. The highest BCUT2D eigenvalue weighted by Crippen LogP contribution is 2.19. The molecule has 0 fully saturated rings. The fourth-order valence-corrected chi connectivity index (χ4v) is 3.68. The lowest BCUT2D eigenvalue weighted by Gasteiger charge is -2.11. The number of nitrogens with zero attached hydrogens (tertiary/aromatic N) is 1. The summed E-state index contributed by atoms with van der Waals surface area (Å²) in [4.78, 5) is 4.24. The maximum absolute atomic E-state index is 13.3. The summed E-state index contributed by atoms with van der Waals surface area (Å²) < 4.78 is 40.6. The Bertz CT molecular complexity index is 1050. The number of halogens is 1. The van der Waals surface area contributed by atoms with Crippen molar-refractivity contribution in [3.63, 3.8) is 0 Å². The first-order valence-electron chi connectivity index (χ1n) is 8.38. The highest BCUT2D eigenvalue weighted by molar-refractivity contribution is 7.92. The smallest absolute Gasteiger partial charge is 0.261 e. The van der Waals surface area contributed by atoms with E-state index in [0.29, 0.717) is 18.1 Å². The molecule has 140 valence electrons. The minimum Gasteiger partial charge on any atom is -0.366 e. The summed E-state index contributed by atoms with van der Waals surface area (Å²) in [5.74, 6) is 0.193. The molecule has 0 saturated carbocycles. The summed E-state index contributed by atoms with van der Waals surface area (Å²) in [6.07, 6.45) is 1.44. The average Bonchev–Trinajstić information content (AvgIpc) is 2.64. The van der Waals surface area contributed by atoms with Crippen LogP contribution in [0.5, 0.6) is 0 Å². The van der Waals surface area contributed by atoms with Gasteiger partial charge in [-0.25, -0.2) is 17.8 Å². The Balaban J connectivity index is 1.68. The van der Waals surface area contributed by atoms with E-state index >= 15 is 0 Å². The number of anilines is 2. The van der Waals surface area contributed by atoms with Crippen LogP contribution in [-0.4, -0.2) is 13.4 Å². The zero-order chi connectivity index (χ0) is 19.4. The van der Waals surface area contributed by atoms with Gasteiger partial charge in [-0.15, -0.1) is 0 Å². The molecule has 0 amide bonds. The number of benzene rings is 2. The van der Waals surface area contributed by atoms with Crippen molar-refractivity contribution < 1.29 is 12.8 Å². The minimum absolute atomic E-state index is 0.00292. The van der Waals surface area contributed by atoms with Gasteiger partial charge < -0.3 is 5.32 Å². The summed E-state index contributed by atoms with van der Waals surface area (Å²) in [5, 5.41) is 3.21. The molecule has 0 spiro atoms. The number of pyridine rings is 1. The molecule has 0 unspecified atom stereocenters. The van der Waals surface area contributed by atoms with Gasteiger partial charge in [-0.2, -0.15) is 0 Å². The van der Waals surface area contributed by atoms with Crippen LogP contribution >= 0.6 is 0 Å². The molecule has 0 saturated heterocycles. The fourth-order valence-electron chi connectivity index (χ4n) is 2.55. The molecule has 0 aliphatic rings. The van der Waals surface area contributed by atoms with Crippen LogP contribution in [0.4, 0.5) is 15.9 Å². The highest BCUT2D eigenvalue weighted by atomic mass is 32.2. The molecule has 3 rings (SSSR count). The second-order valence-corrected chi connectivity index (χ2v) is 7.91. The molecule has 0 radical (unpaired) electrons. The normalized spacial score (nSPS) is 11.2. The van der Waals surface area contributed by atoms with Crippen molar-refractivity contribution in [3.8, 4) is 0 Å². The van der Waals surface area contributed by atoms with Crippen LogP contribution in [0.25, 0.3) is 0 Å². The van der Waals surface area contributed by atoms with Gasteiger partial charge in [0.2, 0.25) is 0 Å². The van der Waals surface area contributed by atoms with Gasteiger partial charge in [0.15, 0.2) is 0 Å². The van der Waals surface area contributed by atoms with E-state index < -0.39 is 15.8 Å². The first-order chi connectivity index (χ1) is 12.8. The van der Waals surface area contributed by atoms with E-state index in [-0.39, 0.29) is 10.5 Å². The molecule has 1 aromatic heterocycles. The highest BCUT2D eigenvalue weighted by Gasteiger charge is 2.15. The Hall–Kier alpha value is -2.93. The van der Waals surface area contributed by atoms with E-state index in [4.69, 9.17) is 0 Å². The van der Waals surface area contributed by atoms with Crippen molar-refractivity contribution >= 4 is 21.5 Å². The summed E-state index contributed by atoms with van der Waals surface area (Å²) in [6.45, 7) is 4.18. The van der Waals surface area contributed by atoms with Gasteiger partial charge in [-0.3, -0.25) is 4.72 Å². The maximum Gasteiger partial charge on any atom is 0.261 e. The lowest BCUT2D eigenvalue weighted by Crippen LogP contribution is -2.13. The van der Waals surface area contributed by atoms with Gasteiger partial charge in [-0.05, 0) is 60.9 Å². The zero-order valence-electron chi connectivity index (χ0n) is 15.0. The number of aromatic nitrogens is 1. The number of sulfonamides is 1. The van der Waals surface area contributed by atoms with Gasteiger partial charge in [0.05, 0.1) is 16.8 Å². The Morgan fingerprint density at radius 1 is 1.00 bits per heavy atom. The van der Waals surface area contributed by atoms with Crippen molar-refractivity contribution in [1.82, 2.24) is 4.98 Å². The van der Waals surface area contributed by atoms with E-state index in [1.54, 1.807) is 12.1 Å². The lowest BCUT2D eigenvalue weighted by atomic mass is 10.1. The number of nitrogens with one attached hydrogen (secondary N) is 2. The third-order valence-corrected chi connectivity index (χ3v) is 5.56. The molecular weight excluding hydrogens is 365 g/mol. The Kier molecular flexibility index (Phi) is 5.41. The predicted molar refractivity (Wildman–Crippen MR) is 105 cm³/mol. The molecule has 7 heteroatoms. The topological polar surface area (TPSA) is 71.1 Å². The second-order valence-electron chi connectivity index (χ2n) is 6.23. The Labute approximate surface area is 158 Å². The van der Waals surface area contributed by atoms with E-state index in [1.165, 1.54) is 30.8 Å². The summed E-state index contributed by atoms with van der Waals surface area (Å²) in [6, 6.07) is 15.0. The summed E-state index contributed by atoms with van der Waals surface area (Å²) in [5.41, 5.74) is 2.95. The third kappa shape index (κ3) is 4.62. The minimum atomic E-state index is -3.80. The van der Waals surface area contributed by atoms with Crippen LogP contribution in [-0.2, 0) is 16.6 Å². The number of aryl methyl sites for hydroxylation is 2. The van der Waals surface area contributed by atoms with Gasteiger partial charge in [0, 0.05) is 6.54 Å². The van der Waals surface area contributed by atoms with Gasteiger partial charge in [-0.1, -0.05) is 24.3 Å². The van der Waals surface area contributed by atoms with Crippen LogP contribution in [0, 0.1) is 19.7 Å². The SMILES string of the molecule is Cc1cc(S(=O)(=O)Nc2ccc(NCc3ccccc3C)nc2)ccc1F. The maximum atomic E-state index is 13.3. The summed E-state index contributed by atoms with van der Waals surface area (Å²) >= 11 is 0. The first kappa shape index (κ1) is 18.8. The van der Waals surface area contributed by atoms with E-state index in [9.17, 15) is 12.8 Å². The van der Waals surface area contributed by atoms with Crippen molar-refractivity contribution in [2.45, 2.75) is 25.3 Å². The van der Waals surface area contributed by atoms with E-state index in [0.717, 1.165) is 11.6 Å². The number of rotatable bonds is 6. The zero-order valence-corrected chi connectivity index (χ0v) is 15.8. The van der Waals surface area contributed by atoms with Crippen molar-refractivity contribution in [2.24, 2.45) is 0 Å². The largest absolute Gasteiger partial charge is 0.366 e. The van der Waals surface area contributed by atoms with Gasteiger partial charge >= 0.3 is 0 Å². The Morgan fingerprint density at radius 3 is 2.44 bits per heavy atom. The molecule has 0 bridgehead atoms. The van der Waals surface area contributed by atoms with Crippen molar-refractivity contribution in [2.75, 3.05) is 10.0 Å². The molecule has 2 aromatic carbocycles. The number of hydrogen-bond donors (Lipinski definition) is 2.